The molecule has 4 rings (SSSR count). The fraction of sp³-hybridized carbons (Fsp3) is 0.227. The molecule has 7 nitrogen and oxygen atoms in total. The number of hydrogen-bond acceptors (Lipinski definition) is 6. The van der Waals surface area contributed by atoms with Crippen molar-refractivity contribution in [1.29, 1.82) is 0 Å². The Morgan fingerprint density at radius 1 is 1.00 bits per heavy atom. The second-order valence-electron chi connectivity index (χ2n) is 8.03. The molecule has 0 saturated heterocycles. The van der Waals surface area contributed by atoms with E-state index in [9.17, 15) is 4.79 Å². The largest absolute Gasteiger partial charge is 0.417 e. The Morgan fingerprint density at radius 2 is 1.72 bits per heavy atom. The number of aromatic amines is 1. The van der Waals surface area contributed by atoms with E-state index in [-0.39, 0.29) is 5.41 Å². The summed E-state index contributed by atoms with van der Waals surface area (Å²) in [5, 5.41) is 6.52. The van der Waals surface area contributed by atoms with Gasteiger partial charge in [0.25, 0.3) is 0 Å². The molecule has 0 amide bonds. The van der Waals surface area contributed by atoms with Crippen molar-refractivity contribution in [3.63, 3.8) is 0 Å². The van der Waals surface area contributed by atoms with Crippen LogP contribution < -0.4 is 16.4 Å². The van der Waals surface area contributed by atoms with Crippen LogP contribution >= 0.6 is 0 Å². The third-order valence-electron chi connectivity index (χ3n) is 4.66. The Kier molecular flexibility index (Phi) is 4.58. The molecule has 0 aliphatic carbocycles. The monoisotopic (exact) mass is 389 g/mol. The van der Waals surface area contributed by atoms with Gasteiger partial charge in [-0.1, -0.05) is 32.9 Å². The average Bonchev–Trinajstić information content (AvgIpc) is 3.03. The highest BCUT2D eigenvalue weighted by atomic mass is 16.4. The van der Waals surface area contributed by atoms with E-state index in [2.05, 4.69) is 58.5 Å². The highest BCUT2D eigenvalue weighted by Gasteiger charge is 2.13. The zero-order valence-electron chi connectivity index (χ0n) is 16.8. The van der Waals surface area contributed by atoms with Crippen molar-refractivity contribution in [3.8, 4) is 0 Å². The van der Waals surface area contributed by atoms with Crippen molar-refractivity contribution in [3.05, 3.63) is 70.3 Å². The Bertz CT molecular complexity index is 1220. The molecule has 2 heterocycles. The lowest BCUT2D eigenvalue weighted by Gasteiger charge is -2.19. The number of nitrogens with one attached hydrogen (secondary N) is 3. The van der Waals surface area contributed by atoms with Crippen LogP contribution in [0.1, 0.15) is 31.9 Å². The van der Waals surface area contributed by atoms with Crippen LogP contribution in [0.4, 0.5) is 23.1 Å². The van der Waals surface area contributed by atoms with E-state index in [4.69, 9.17) is 4.42 Å². The molecule has 0 unspecified atom stereocenters. The van der Waals surface area contributed by atoms with E-state index in [0.29, 0.717) is 22.9 Å². The fourth-order valence-electron chi connectivity index (χ4n) is 2.98. The average molecular weight is 389 g/mol. The summed E-state index contributed by atoms with van der Waals surface area (Å²) < 4.78 is 5.04. The lowest BCUT2D eigenvalue weighted by atomic mass is 9.87. The smallest absolute Gasteiger partial charge is 0.408 e. The standard InChI is InChI=1S/C22H23N5O2/c1-13-12-23-20(25-15-7-5-14(6-8-15)22(2,3)4)27-19(13)24-16-9-10-18-17(11-16)26-21(28)29-18/h5-12H,1-4H3,(H,26,28)(H2,23,24,25,27). The first-order valence-corrected chi connectivity index (χ1v) is 9.39. The maximum Gasteiger partial charge on any atom is 0.417 e. The van der Waals surface area contributed by atoms with Crippen molar-refractivity contribution in [2.24, 2.45) is 0 Å². The van der Waals surface area contributed by atoms with Crippen LogP contribution in [0, 0.1) is 6.92 Å². The molecule has 3 N–H and O–H groups in total. The number of aryl methyl sites for hydroxylation is 1. The molecule has 2 aromatic heterocycles. The van der Waals surface area contributed by atoms with Gasteiger partial charge in [-0.15, -0.1) is 0 Å². The number of fused-ring (bicyclic) bond motifs is 1. The number of oxazole rings is 1. The molecule has 4 aromatic rings. The molecule has 0 aliphatic rings. The zero-order valence-corrected chi connectivity index (χ0v) is 16.8. The summed E-state index contributed by atoms with van der Waals surface area (Å²) >= 11 is 0. The molecule has 0 bridgehead atoms. The molecule has 148 valence electrons. The number of aromatic nitrogens is 3. The molecule has 29 heavy (non-hydrogen) atoms. The lowest BCUT2D eigenvalue weighted by Crippen LogP contribution is -2.10. The minimum atomic E-state index is -0.473. The van der Waals surface area contributed by atoms with E-state index < -0.39 is 5.76 Å². The summed E-state index contributed by atoms with van der Waals surface area (Å²) in [7, 11) is 0. The van der Waals surface area contributed by atoms with E-state index in [1.54, 1.807) is 18.3 Å². The van der Waals surface area contributed by atoms with Gasteiger partial charge in [0, 0.05) is 23.1 Å². The predicted molar refractivity (Wildman–Crippen MR) is 115 cm³/mol. The lowest BCUT2D eigenvalue weighted by molar-refractivity contribution is 0.555. The van der Waals surface area contributed by atoms with Gasteiger partial charge >= 0.3 is 5.76 Å². The van der Waals surface area contributed by atoms with Crippen LogP contribution in [-0.2, 0) is 5.41 Å². The van der Waals surface area contributed by atoms with Gasteiger partial charge in [0.15, 0.2) is 5.58 Å². The maximum absolute atomic E-state index is 11.3. The molecule has 0 spiro atoms. The number of H-pyrrole nitrogens is 1. The Morgan fingerprint density at radius 3 is 2.45 bits per heavy atom. The van der Waals surface area contributed by atoms with Crippen molar-refractivity contribution in [2.45, 2.75) is 33.1 Å². The number of nitrogens with zero attached hydrogens (tertiary/aromatic N) is 2. The van der Waals surface area contributed by atoms with Crippen LogP contribution in [-0.4, -0.2) is 15.0 Å². The summed E-state index contributed by atoms with van der Waals surface area (Å²) in [5.74, 6) is 0.706. The second-order valence-corrected chi connectivity index (χ2v) is 8.03. The fourth-order valence-corrected chi connectivity index (χ4v) is 2.98. The normalized spacial score (nSPS) is 11.6. The van der Waals surface area contributed by atoms with Gasteiger partial charge in [-0.2, -0.15) is 4.98 Å². The van der Waals surface area contributed by atoms with E-state index >= 15 is 0 Å². The van der Waals surface area contributed by atoms with Gasteiger partial charge in [-0.05, 0) is 48.2 Å². The van der Waals surface area contributed by atoms with Gasteiger partial charge in [-0.25, -0.2) is 9.78 Å². The number of anilines is 4. The molecule has 0 saturated carbocycles. The second kappa shape index (κ2) is 7.09. The number of benzene rings is 2. The van der Waals surface area contributed by atoms with Crippen molar-refractivity contribution in [1.82, 2.24) is 15.0 Å². The van der Waals surface area contributed by atoms with Crippen LogP contribution in [0.25, 0.3) is 11.1 Å². The first-order chi connectivity index (χ1) is 13.8. The van der Waals surface area contributed by atoms with E-state index in [1.807, 2.05) is 25.1 Å². The predicted octanol–water partition coefficient (Wildman–Crippen LogP) is 5.00. The van der Waals surface area contributed by atoms with Gasteiger partial charge in [0.1, 0.15) is 5.82 Å². The molecular weight excluding hydrogens is 366 g/mol. The maximum atomic E-state index is 11.3. The van der Waals surface area contributed by atoms with Gasteiger partial charge in [0.05, 0.1) is 5.52 Å². The number of rotatable bonds is 4. The summed E-state index contributed by atoms with van der Waals surface area (Å²) in [6, 6.07) is 13.6. The van der Waals surface area contributed by atoms with Crippen LogP contribution in [0.3, 0.4) is 0 Å². The quantitative estimate of drug-likeness (QED) is 0.454. The highest BCUT2D eigenvalue weighted by molar-refractivity contribution is 5.78. The topological polar surface area (TPSA) is 95.8 Å². The van der Waals surface area contributed by atoms with Crippen molar-refractivity contribution in [2.75, 3.05) is 10.6 Å². The summed E-state index contributed by atoms with van der Waals surface area (Å²) in [6.45, 7) is 8.50. The highest BCUT2D eigenvalue weighted by Crippen LogP contribution is 2.26. The Hall–Kier alpha value is -3.61. The molecule has 7 heteroatoms. The molecule has 0 aliphatic heterocycles. The molecular formula is C22H23N5O2. The molecule has 0 fully saturated rings. The van der Waals surface area contributed by atoms with Crippen LogP contribution in [0.2, 0.25) is 0 Å². The third kappa shape index (κ3) is 4.13. The third-order valence-corrected chi connectivity index (χ3v) is 4.66. The minimum absolute atomic E-state index is 0.107. The molecule has 0 atom stereocenters. The van der Waals surface area contributed by atoms with Crippen molar-refractivity contribution < 1.29 is 4.42 Å². The van der Waals surface area contributed by atoms with E-state index in [1.165, 1.54) is 5.56 Å². The summed E-state index contributed by atoms with van der Waals surface area (Å²) in [4.78, 5) is 23.0. The Labute approximate surface area is 168 Å². The van der Waals surface area contributed by atoms with Crippen LogP contribution in [0.5, 0.6) is 0 Å². The Balaban J connectivity index is 1.56. The van der Waals surface area contributed by atoms with E-state index in [0.717, 1.165) is 16.9 Å². The molecule has 0 radical (unpaired) electrons. The summed E-state index contributed by atoms with van der Waals surface area (Å²) in [6.07, 6.45) is 1.76. The molecule has 2 aromatic carbocycles. The minimum Gasteiger partial charge on any atom is -0.408 e. The zero-order chi connectivity index (χ0) is 20.6. The SMILES string of the molecule is Cc1cnc(Nc2ccc(C(C)(C)C)cc2)nc1Nc1ccc2oc(=O)[nH]c2c1. The van der Waals surface area contributed by atoms with Gasteiger partial charge in [0.2, 0.25) is 5.95 Å². The first kappa shape index (κ1) is 18.7. The van der Waals surface area contributed by atoms with Crippen molar-refractivity contribution >= 4 is 34.2 Å². The van der Waals surface area contributed by atoms with Gasteiger partial charge in [-0.3, -0.25) is 4.98 Å². The number of hydrogen-bond donors (Lipinski definition) is 3. The summed E-state index contributed by atoms with van der Waals surface area (Å²) in [5.41, 5.74) is 5.13. The first-order valence-electron chi connectivity index (χ1n) is 9.39. The van der Waals surface area contributed by atoms with Gasteiger partial charge < -0.3 is 15.1 Å². The van der Waals surface area contributed by atoms with Crippen LogP contribution in [0.15, 0.2) is 57.9 Å².